The molecule has 1 aromatic carbocycles. The Labute approximate surface area is 150 Å². The van der Waals surface area contributed by atoms with Crippen LogP contribution in [-0.4, -0.2) is 38.4 Å². The Morgan fingerprint density at radius 1 is 1.24 bits per heavy atom. The second-order valence-corrected chi connectivity index (χ2v) is 6.66. The summed E-state index contributed by atoms with van der Waals surface area (Å²) in [5, 5.41) is 8.97. The van der Waals surface area contributed by atoms with Crippen LogP contribution < -0.4 is 0 Å². The fraction of sp³-hybridized carbons (Fsp3) is 0.278. The standard InChI is InChI=1S/C18H20N4O2S/c1-13(14-8-5-4-6-9-14)21(2)16(23)12-25-18-20-19-17(22(18)3)15-10-7-11-24-15/h4-11,13H,12H2,1-3H3/t13-/m1/s1. The van der Waals surface area contributed by atoms with Crippen LogP contribution in [0, 0.1) is 0 Å². The normalized spacial score (nSPS) is 12.1. The number of rotatable bonds is 6. The van der Waals surface area contributed by atoms with Crippen LogP contribution in [0.25, 0.3) is 11.6 Å². The maximum Gasteiger partial charge on any atom is 0.233 e. The molecule has 0 aliphatic heterocycles. The van der Waals surface area contributed by atoms with Gasteiger partial charge in [-0.1, -0.05) is 42.1 Å². The van der Waals surface area contributed by atoms with Gasteiger partial charge >= 0.3 is 0 Å². The number of nitrogens with zero attached hydrogens (tertiary/aromatic N) is 4. The number of aromatic nitrogens is 3. The van der Waals surface area contributed by atoms with Crippen molar-refractivity contribution < 1.29 is 9.21 Å². The van der Waals surface area contributed by atoms with E-state index in [1.54, 1.807) is 17.2 Å². The van der Waals surface area contributed by atoms with Crippen LogP contribution >= 0.6 is 11.8 Å². The summed E-state index contributed by atoms with van der Waals surface area (Å²) in [4.78, 5) is 14.3. The molecule has 3 aromatic rings. The first-order chi connectivity index (χ1) is 12.1. The first-order valence-corrected chi connectivity index (χ1v) is 8.93. The van der Waals surface area contributed by atoms with Crippen LogP contribution in [0.15, 0.2) is 58.3 Å². The van der Waals surface area contributed by atoms with Gasteiger partial charge in [-0.25, -0.2) is 0 Å². The zero-order chi connectivity index (χ0) is 17.8. The topological polar surface area (TPSA) is 64.2 Å². The quantitative estimate of drug-likeness (QED) is 0.634. The molecule has 6 nitrogen and oxygen atoms in total. The minimum absolute atomic E-state index is 0.0208. The van der Waals surface area contributed by atoms with Crippen molar-refractivity contribution in [1.29, 1.82) is 0 Å². The van der Waals surface area contributed by atoms with Gasteiger partial charge in [0.2, 0.25) is 5.91 Å². The van der Waals surface area contributed by atoms with Gasteiger partial charge in [0.15, 0.2) is 16.7 Å². The smallest absolute Gasteiger partial charge is 0.233 e. The lowest BCUT2D eigenvalue weighted by molar-refractivity contribution is -0.128. The highest BCUT2D eigenvalue weighted by atomic mass is 32.2. The molecule has 2 aromatic heterocycles. The molecule has 3 rings (SSSR count). The molecular formula is C18H20N4O2S. The summed E-state index contributed by atoms with van der Waals surface area (Å²) in [6.45, 7) is 2.02. The summed E-state index contributed by atoms with van der Waals surface area (Å²) in [5.41, 5.74) is 1.11. The van der Waals surface area contributed by atoms with Gasteiger partial charge < -0.3 is 13.9 Å². The Bertz CT molecular complexity index is 830. The average Bonchev–Trinajstić information content (AvgIpc) is 3.29. The van der Waals surface area contributed by atoms with E-state index in [1.165, 1.54) is 11.8 Å². The summed E-state index contributed by atoms with van der Waals surface area (Å²) in [5.74, 6) is 1.65. The van der Waals surface area contributed by atoms with Crippen molar-refractivity contribution in [2.75, 3.05) is 12.8 Å². The monoisotopic (exact) mass is 356 g/mol. The molecule has 130 valence electrons. The maximum absolute atomic E-state index is 12.5. The number of amides is 1. The van der Waals surface area contributed by atoms with Crippen molar-refractivity contribution in [3.05, 3.63) is 54.3 Å². The largest absolute Gasteiger partial charge is 0.461 e. The minimum atomic E-state index is 0.0208. The van der Waals surface area contributed by atoms with Gasteiger partial charge in [-0.3, -0.25) is 4.79 Å². The SMILES string of the molecule is C[C@H](c1ccccc1)N(C)C(=O)CSc1nnc(-c2ccco2)n1C. The maximum atomic E-state index is 12.5. The Kier molecular flexibility index (Phi) is 5.23. The molecule has 1 amide bonds. The number of carbonyl (C=O) groups excluding carboxylic acids is 1. The van der Waals surface area contributed by atoms with E-state index >= 15 is 0 Å². The third-order valence-electron chi connectivity index (χ3n) is 4.16. The van der Waals surface area contributed by atoms with E-state index in [0.717, 1.165) is 5.56 Å². The third-order valence-corrected chi connectivity index (χ3v) is 5.16. The second-order valence-electron chi connectivity index (χ2n) is 5.72. The van der Waals surface area contributed by atoms with Crippen molar-refractivity contribution in [3.63, 3.8) is 0 Å². The fourth-order valence-electron chi connectivity index (χ4n) is 2.46. The summed E-state index contributed by atoms with van der Waals surface area (Å²) in [7, 11) is 3.69. The Morgan fingerprint density at radius 2 is 2.00 bits per heavy atom. The predicted octanol–water partition coefficient (Wildman–Crippen LogP) is 3.39. The lowest BCUT2D eigenvalue weighted by Crippen LogP contribution is -2.31. The van der Waals surface area contributed by atoms with Crippen LogP contribution in [0.5, 0.6) is 0 Å². The van der Waals surface area contributed by atoms with Crippen molar-refractivity contribution in [1.82, 2.24) is 19.7 Å². The zero-order valence-corrected chi connectivity index (χ0v) is 15.2. The molecule has 2 heterocycles. The van der Waals surface area contributed by atoms with E-state index in [9.17, 15) is 4.79 Å². The first kappa shape index (κ1) is 17.3. The van der Waals surface area contributed by atoms with Crippen molar-refractivity contribution >= 4 is 17.7 Å². The average molecular weight is 356 g/mol. The number of furan rings is 1. The molecule has 1 atom stereocenters. The molecule has 0 bridgehead atoms. The summed E-state index contributed by atoms with van der Waals surface area (Å²) in [6, 6.07) is 13.6. The summed E-state index contributed by atoms with van der Waals surface area (Å²) < 4.78 is 7.18. The van der Waals surface area contributed by atoms with Gasteiger partial charge in [0.05, 0.1) is 18.1 Å². The van der Waals surface area contributed by atoms with Crippen LogP contribution in [0.2, 0.25) is 0 Å². The van der Waals surface area contributed by atoms with Gasteiger partial charge in [-0.2, -0.15) is 0 Å². The van der Waals surface area contributed by atoms with Gasteiger partial charge in [-0.15, -0.1) is 10.2 Å². The summed E-state index contributed by atoms with van der Waals surface area (Å²) >= 11 is 1.37. The first-order valence-electron chi connectivity index (χ1n) is 7.94. The Morgan fingerprint density at radius 3 is 2.68 bits per heavy atom. The fourth-order valence-corrected chi connectivity index (χ4v) is 3.30. The van der Waals surface area contributed by atoms with E-state index < -0.39 is 0 Å². The van der Waals surface area contributed by atoms with E-state index in [-0.39, 0.29) is 11.9 Å². The molecule has 0 aliphatic rings. The van der Waals surface area contributed by atoms with Crippen LogP contribution in [0.4, 0.5) is 0 Å². The van der Waals surface area contributed by atoms with Gasteiger partial charge in [-0.05, 0) is 24.6 Å². The van der Waals surface area contributed by atoms with Gasteiger partial charge in [0.1, 0.15) is 0 Å². The van der Waals surface area contributed by atoms with Crippen molar-refractivity contribution in [3.8, 4) is 11.6 Å². The number of hydrogen-bond acceptors (Lipinski definition) is 5. The lowest BCUT2D eigenvalue weighted by atomic mass is 10.1. The highest BCUT2D eigenvalue weighted by molar-refractivity contribution is 7.99. The Hall–Kier alpha value is -2.54. The number of benzene rings is 1. The lowest BCUT2D eigenvalue weighted by Gasteiger charge is -2.25. The number of hydrogen-bond donors (Lipinski definition) is 0. The molecule has 0 aliphatic carbocycles. The minimum Gasteiger partial charge on any atom is -0.461 e. The second kappa shape index (κ2) is 7.57. The van der Waals surface area contributed by atoms with Crippen molar-refractivity contribution in [2.45, 2.75) is 18.1 Å². The van der Waals surface area contributed by atoms with Crippen molar-refractivity contribution in [2.24, 2.45) is 7.05 Å². The highest BCUT2D eigenvalue weighted by Crippen LogP contribution is 2.24. The highest BCUT2D eigenvalue weighted by Gasteiger charge is 2.19. The van der Waals surface area contributed by atoms with Gasteiger partial charge in [0.25, 0.3) is 0 Å². The Balaban J connectivity index is 1.63. The van der Waals surface area contributed by atoms with E-state index in [0.29, 0.717) is 22.5 Å². The number of thioether (sulfide) groups is 1. The van der Waals surface area contributed by atoms with Crippen LogP contribution in [0.1, 0.15) is 18.5 Å². The molecule has 7 heteroatoms. The zero-order valence-electron chi connectivity index (χ0n) is 14.4. The molecule has 0 unspecified atom stereocenters. The van der Waals surface area contributed by atoms with E-state index in [1.807, 2.05) is 62.0 Å². The number of carbonyl (C=O) groups is 1. The van der Waals surface area contributed by atoms with E-state index in [4.69, 9.17) is 4.42 Å². The van der Waals surface area contributed by atoms with Crippen LogP contribution in [-0.2, 0) is 11.8 Å². The molecule has 0 saturated heterocycles. The molecule has 25 heavy (non-hydrogen) atoms. The van der Waals surface area contributed by atoms with Gasteiger partial charge in [0, 0.05) is 14.1 Å². The summed E-state index contributed by atoms with van der Waals surface area (Å²) in [6.07, 6.45) is 1.60. The molecule has 0 N–H and O–H groups in total. The molecule has 0 fully saturated rings. The molecule has 0 spiro atoms. The molecule has 0 saturated carbocycles. The third kappa shape index (κ3) is 3.76. The predicted molar refractivity (Wildman–Crippen MR) is 97.1 cm³/mol. The van der Waals surface area contributed by atoms with E-state index in [2.05, 4.69) is 10.2 Å². The molecular weight excluding hydrogens is 336 g/mol. The van der Waals surface area contributed by atoms with Crippen LogP contribution in [0.3, 0.4) is 0 Å². The molecule has 0 radical (unpaired) electrons.